The second-order valence-electron chi connectivity index (χ2n) is 3.69. The first-order valence-electron chi connectivity index (χ1n) is 4.87. The second kappa shape index (κ2) is 2.25. The molecule has 0 amide bonds. The van der Waals surface area contributed by atoms with Crippen molar-refractivity contribution in [3.8, 4) is 0 Å². The number of benzene rings is 1. The zero-order chi connectivity index (χ0) is 9.83. The van der Waals surface area contributed by atoms with Crippen LogP contribution in [0.5, 0.6) is 0 Å². The van der Waals surface area contributed by atoms with Gasteiger partial charge in [-0.1, -0.05) is 12.1 Å². The van der Waals surface area contributed by atoms with Crippen LogP contribution < -0.4 is 5.35 Å². The molecular formula is C12H7N3. The smallest absolute Gasteiger partial charge is 0.139 e. The largest absolute Gasteiger partial charge is 0.291 e. The summed E-state index contributed by atoms with van der Waals surface area (Å²) >= 11 is 0. The molecule has 1 aliphatic heterocycles. The van der Waals surface area contributed by atoms with E-state index in [-0.39, 0.29) is 0 Å². The standard InChI is InChI=1S/C12H7N3/c1-2-4-10-9(3-1)14-12-5-8-6-13-7-11(8)15(10)12/h1-7H. The maximum Gasteiger partial charge on any atom is 0.139 e. The van der Waals surface area contributed by atoms with Crippen molar-refractivity contribution in [3.05, 3.63) is 41.2 Å². The third kappa shape index (κ3) is 0.760. The molecule has 0 fully saturated rings. The molecule has 0 spiro atoms. The number of aliphatic imine (C=N–C) groups is 1. The summed E-state index contributed by atoms with van der Waals surface area (Å²) in [5.74, 6) is 0. The molecule has 3 heterocycles. The van der Waals surface area contributed by atoms with Crippen LogP contribution in [0.25, 0.3) is 22.9 Å². The predicted octanol–water partition coefficient (Wildman–Crippen LogP) is 1.38. The van der Waals surface area contributed by atoms with E-state index in [2.05, 4.69) is 26.5 Å². The van der Waals surface area contributed by atoms with E-state index in [9.17, 15) is 0 Å². The van der Waals surface area contributed by atoms with Crippen LogP contribution in [0.4, 0.5) is 0 Å². The number of hydrogen-bond donors (Lipinski definition) is 0. The van der Waals surface area contributed by atoms with Gasteiger partial charge in [-0.05, 0) is 18.2 Å². The van der Waals surface area contributed by atoms with E-state index in [1.807, 2.05) is 30.6 Å². The summed E-state index contributed by atoms with van der Waals surface area (Å²) in [6.07, 6.45) is 3.76. The second-order valence-corrected chi connectivity index (χ2v) is 3.69. The fourth-order valence-electron chi connectivity index (χ4n) is 2.16. The lowest BCUT2D eigenvalue weighted by molar-refractivity contribution is 1.21. The molecule has 0 unspecified atom stereocenters. The van der Waals surface area contributed by atoms with Gasteiger partial charge in [-0.25, -0.2) is 4.98 Å². The molecule has 15 heavy (non-hydrogen) atoms. The van der Waals surface area contributed by atoms with Crippen molar-refractivity contribution >= 4 is 29.1 Å². The highest BCUT2D eigenvalue weighted by Gasteiger charge is 2.10. The van der Waals surface area contributed by atoms with Crippen molar-refractivity contribution < 1.29 is 0 Å². The van der Waals surface area contributed by atoms with Gasteiger partial charge in [-0.2, -0.15) is 0 Å². The fraction of sp³-hybridized carbons (Fsp3) is 0. The average molecular weight is 193 g/mol. The number of aromatic nitrogens is 2. The van der Waals surface area contributed by atoms with Crippen molar-refractivity contribution in [1.82, 2.24) is 9.38 Å². The molecule has 2 aromatic heterocycles. The minimum Gasteiger partial charge on any atom is -0.291 e. The van der Waals surface area contributed by atoms with Gasteiger partial charge in [0, 0.05) is 11.8 Å². The average Bonchev–Trinajstić information content (AvgIpc) is 2.85. The van der Waals surface area contributed by atoms with Crippen molar-refractivity contribution in [2.45, 2.75) is 0 Å². The minimum atomic E-state index is 1.00. The topological polar surface area (TPSA) is 29.7 Å². The fourth-order valence-corrected chi connectivity index (χ4v) is 2.16. The first kappa shape index (κ1) is 7.17. The van der Waals surface area contributed by atoms with Gasteiger partial charge in [0.2, 0.25) is 0 Å². The first-order chi connectivity index (χ1) is 7.43. The van der Waals surface area contributed by atoms with Crippen LogP contribution in [0.3, 0.4) is 0 Å². The summed E-state index contributed by atoms with van der Waals surface area (Å²) in [6.45, 7) is 0. The van der Waals surface area contributed by atoms with Crippen LogP contribution in [0.2, 0.25) is 0 Å². The summed E-state index contributed by atoms with van der Waals surface area (Å²) in [4.78, 5) is 8.71. The molecule has 0 aliphatic carbocycles. The summed E-state index contributed by atoms with van der Waals surface area (Å²) < 4.78 is 2.15. The molecule has 1 aromatic carbocycles. The van der Waals surface area contributed by atoms with E-state index in [0.29, 0.717) is 0 Å². The highest BCUT2D eigenvalue weighted by molar-refractivity contribution is 5.90. The van der Waals surface area contributed by atoms with E-state index in [4.69, 9.17) is 0 Å². The third-order valence-corrected chi connectivity index (χ3v) is 2.82. The van der Waals surface area contributed by atoms with Gasteiger partial charge in [-0.15, -0.1) is 0 Å². The molecule has 0 atom stereocenters. The number of para-hydroxylation sites is 2. The Bertz CT molecular complexity index is 765. The Morgan fingerprint density at radius 3 is 3.07 bits per heavy atom. The third-order valence-electron chi connectivity index (χ3n) is 2.82. The van der Waals surface area contributed by atoms with Gasteiger partial charge in [0.05, 0.1) is 22.6 Å². The Labute approximate surface area is 85.4 Å². The molecule has 70 valence electrons. The summed E-state index contributed by atoms with van der Waals surface area (Å²) in [5.41, 5.74) is 4.35. The van der Waals surface area contributed by atoms with E-state index in [1.54, 1.807) is 0 Å². The lowest BCUT2D eigenvalue weighted by Gasteiger charge is -1.89. The zero-order valence-electron chi connectivity index (χ0n) is 7.88. The highest BCUT2D eigenvalue weighted by Crippen LogP contribution is 2.16. The lowest BCUT2D eigenvalue weighted by Crippen LogP contribution is -2.08. The Balaban J connectivity index is 2.38. The molecular weight excluding hydrogens is 186 g/mol. The SMILES string of the molecule is C1=NC=c2c1cc1nc3ccccc3n21. The van der Waals surface area contributed by atoms with Crippen molar-refractivity contribution in [2.24, 2.45) is 4.99 Å². The first-order valence-corrected chi connectivity index (χ1v) is 4.87. The minimum absolute atomic E-state index is 1.00. The van der Waals surface area contributed by atoms with Gasteiger partial charge < -0.3 is 0 Å². The van der Waals surface area contributed by atoms with Crippen LogP contribution in [0, 0.1) is 0 Å². The highest BCUT2D eigenvalue weighted by atomic mass is 15.0. The van der Waals surface area contributed by atoms with E-state index < -0.39 is 0 Å². The molecule has 3 heteroatoms. The van der Waals surface area contributed by atoms with Crippen LogP contribution in [0.15, 0.2) is 35.3 Å². The lowest BCUT2D eigenvalue weighted by atomic mass is 10.3. The summed E-state index contributed by atoms with van der Waals surface area (Å²) in [7, 11) is 0. The molecule has 3 nitrogen and oxygen atoms in total. The summed E-state index contributed by atoms with van der Waals surface area (Å²) in [5, 5.41) is 1.14. The Kier molecular flexibility index (Phi) is 1.08. The Morgan fingerprint density at radius 1 is 1.13 bits per heavy atom. The molecule has 0 saturated heterocycles. The van der Waals surface area contributed by atoms with Crippen LogP contribution in [-0.4, -0.2) is 15.6 Å². The number of hydrogen-bond acceptors (Lipinski definition) is 2. The zero-order valence-corrected chi connectivity index (χ0v) is 7.88. The van der Waals surface area contributed by atoms with Crippen LogP contribution in [0.1, 0.15) is 5.56 Å². The van der Waals surface area contributed by atoms with Gasteiger partial charge in [0.25, 0.3) is 0 Å². The molecule has 0 N–H and O–H groups in total. The Morgan fingerprint density at radius 2 is 2.07 bits per heavy atom. The maximum atomic E-state index is 4.56. The molecule has 0 radical (unpaired) electrons. The Hall–Kier alpha value is -2.16. The van der Waals surface area contributed by atoms with Gasteiger partial charge in [0.1, 0.15) is 5.65 Å². The maximum absolute atomic E-state index is 4.56. The van der Waals surface area contributed by atoms with Gasteiger partial charge in [-0.3, -0.25) is 9.39 Å². The molecule has 4 rings (SSSR count). The monoisotopic (exact) mass is 193 g/mol. The predicted molar refractivity (Wildman–Crippen MR) is 60.0 cm³/mol. The summed E-state index contributed by atoms with van der Waals surface area (Å²) in [6, 6.07) is 10.2. The molecule has 0 saturated carbocycles. The van der Waals surface area contributed by atoms with Crippen molar-refractivity contribution in [2.75, 3.05) is 0 Å². The normalized spacial score (nSPS) is 13.6. The van der Waals surface area contributed by atoms with E-state index in [0.717, 1.165) is 27.6 Å². The van der Waals surface area contributed by atoms with Crippen molar-refractivity contribution in [3.63, 3.8) is 0 Å². The van der Waals surface area contributed by atoms with Crippen molar-refractivity contribution in [1.29, 1.82) is 0 Å². The quantitative estimate of drug-likeness (QED) is 0.530. The van der Waals surface area contributed by atoms with Gasteiger partial charge in [0.15, 0.2) is 0 Å². The van der Waals surface area contributed by atoms with Crippen LogP contribution in [-0.2, 0) is 0 Å². The molecule has 1 aliphatic rings. The molecule has 3 aromatic rings. The van der Waals surface area contributed by atoms with E-state index in [1.165, 1.54) is 0 Å². The van der Waals surface area contributed by atoms with Crippen LogP contribution >= 0.6 is 0 Å². The number of rotatable bonds is 0. The van der Waals surface area contributed by atoms with Gasteiger partial charge >= 0.3 is 0 Å². The molecule has 0 bridgehead atoms. The number of imidazole rings is 1. The van der Waals surface area contributed by atoms with E-state index >= 15 is 0 Å². The number of nitrogens with zero attached hydrogens (tertiary/aromatic N) is 3. The number of fused-ring (bicyclic) bond motifs is 5.